The van der Waals surface area contributed by atoms with Gasteiger partial charge in [0.2, 0.25) is 5.91 Å². The number of amides is 1. The number of pyridine rings is 2. The summed E-state index contributed by atoms with van der Waals surface area (Å²) in [4.78, 5) is 19.8. The van der Waals surface area contributed by atoms with Crippen LogP contribution in [0.15, 0.2) is 48.8 Å². The van der Waals surface area contributed by atoms with Crippen LogP contribution in [-0.2, 0) is 6.42 Å². The van der Waals surface area contributed by atoms with Crippen molar-refractivity contribution in [3.8, 4) is 0 Å². The SMILES string of the molecule is NC(=O)c1ccnc(Cc2cnc3cc(Cl)ccc3c2)c1. The Bertz CT molecular complexity index is 833. The molecule has 0 unspecified atom stereocenters. The number of rotatable bonds is 3. The quantitative estimate of drug-likeness (QED) is 0.808. The normalized spacial score (nSPS) is 10.7. The van der Waals surface area contributed by atoms with Crippen molar-refractivity contribution in [2.24, 2.45) is 5.73 Å². The van der Waals surface area contributed by atoms with E-state index in [1.54, 1.807) is 24.5 Å². The Morgan fingerprint density at radius 3 is 2.81 bits per heavy atom. The second kappa shape index (κ2) is 5.50. The lowest BCUT2D eigenvalue weighted by atomic mass is 10.1. The van der Waals surface area contributed by atoms with Crippen molar-refractivity contribution >= 4 is 28.4 Å². The van der Waals surface area contributed by atoms with Crippen molar-refractivity contribution in [3.05, 3.63) is 70.6 Å². The summed E-state index contributed by atoms with van der Waals surface area (Å²) in [5, 5.41) is 1.68. The number of fused-ring (bicyclic) bond motifs is 1. The zero-order valence-corrected chi connectivity index (χ0v) is 11.8. The van der Waals surface area contributed by atoms with E-state index in [2.05, 4.69) is 9.97 Å². The predicted molar refractivity (Wildman–Crippen MR) is 82.3 cm³/mol. The van der Waals surface area contributed by atoms with Gasteiger partial charge in [-0.2, -0.15) is 0 Å². The molecule has 3 aromatic rings. The van der Waals surface area contributed by atoms with E-state index in [0.717, 1.165) is 22.2 Å². The molecule has 0 spiro atoms. The van der Waals surface area contributed by atoms with Gasteiger partial charge in [-0.25, -0.2) is 0 Å². The average molecular weight is 298 g/mol. The summed E-state index contributed by atoms with van der Waals surface area (Å²) >= 11 is 5.94. The highest BCUT2D eigenvalue weighted by atomic mass is 35.5. The molecule has 0 fully saturated rings. The van der Waals surface area contributed by atoms with Crippen molar-refractivity contribution < 1.29 is 4.79 Å². The molecule has 21 heavy (non-hydrogen) atoms. The molecule has 5 heteroatoms. The third-order valence-electron chi connectivity index (χ3n) is 3.19. The van der Waals surface area contributed by atoms with Crippen LogP contribution in [-0.4, -0.2) is 15.9 Å². The number of carbonyl (C=O) groups is 1. The summed E-state index contributed by atoms with van der Waals surface area (Å²) in [6.45, 7) is 0. The van der Waals surface area contributed by atoms with Gasteiger partial charge in [-0.3, -0.25) is 14.8 Å². The van der Waals surface area contributed by atoms with Gasteiger partial charge in [0.05, 0.1) is 5.52 Å². The Balaban J connectivity index is 1.92. The van der Waals surface area contributed by atoms with Crippen LogP contribution < -0.4 is 5.73 Å². The maximum atomic E-state index is 11.2. The molecule has 0 atom stereocenters. The van der Waals surface area contributed by atoms with Crippen molar-refractivity contribution in [1.29, 1.82) is 0 Å². The first-order chi connectivity index (χ1) is 10.1. The number of halogens is 1. The van der Waals surface area contributed by atoms with Crippen LogP contribution in [0.2, 0.25) is 5.02 Å². The summed E-state index contributed by atoms with van der Waals surface area (Å²) in [5.41, 5.74) is 8.38. The smallest absolute Gasteiger partial charge is 0.248 e. The summed E-state index contributed by atoms with van der Waals surface area (Å²) in [6.07, 6.45) is 3.97. The van der Waals surface area contributed by atoms with Crippen LogP contribution in [0.5, 0.6) is 0 Å². The Hall–Kier alpha value is -2.46. The zero-order valence-electron chi connectivity index (χ0n) is 11.1. The van der Waals surface area contributed by atoms with Crippen LogP contribution in [0.25, 0.3) is 10.9 Å². The van der Waals surface area contributed by atoms with Crippen molar-refractivity contribution in [3.63, 3.8) is 0 Å². The maximum absolute atomic E-state index is 11.2. The first-order valence-electron chi connectivity index (χ1n) is 6.41. The van der Waals surface area contributed by atoms with Gasteiger partial charge in [0.15, 0.2) is 0 Å². The highest BCUT2D eigenvalue weighted by Gasteiger charge is 2.05. The van der Waals surface area contributed by atoms with Gasteiger partial charge in [0.1, 0.15) is 0 Å². The fourth-order valence-electron chi connectivity index (χ4n) is 2.17. The molecule has 2 heterocycles. The molecule has 0 aliphatic carbocycles. The van der Waals surface area contributed by atoms with Gasteiger partial charge in [-0.15, -0.1) is 0 Å². The van der Waals surface area contributed by atoms with Gasteiger partial charge in [0, 0.05) is 40.5 Å². The lowest BCUT2D eigenvalue weighted by molar-refractivity contribution is 0.1000. The Morgan fingerprint density at radius 1 is 1.14 bits per heavy atom. The summed E-state index contributed by atoms with van der Waals surface area (Å²) in [5.74, 6) is -0.454. The molecule has 1 aromatic carbocycles. The molecule has 3 rings (SSSR count). The largest absolute Gasteiger partial charge is 0.366 e. The average Bonchev–Trinajstić information content (AvgIpc) is 2.48. The van der Waals surface area contributed by atoms with Crippen LogP contribution in [0.1, 0.15) is 21.6 Å². The Labute approximate surface area is 126 Å². The number of hydrogen-bond acceptors (Lipinski definition) is 3. The highest BCUT2D eigenvalue weighted by Crippen LogP contribution is 2.19. The summed E-state index contributed by atoms with van der Waals surface area (Å²) in [7, 11) is 0. The molecular formula is C16H12ClN3O. The molecule has 0 aliphatic heterocycles. The molecule has 2 aromatic heterocycles. The molecule has 2 N–H and O–H groups in total. The van der Waals surface area contributed by atoms with Crippen LogP contribution in [0, 0.1) is 0 Å². The fraction of sp³-hybridized carbons (Fsp3) is 0.0625. The number of nitrogens with zero attached hydrogens (tertiary/aromatic N) is 2. The molecule has 0 saturated carbocycles. The molecule has 0 bridgehead atoms. The molecule has 0 aliphatic rings. The number of aromatic nitrogens is 2. The van der Waals surface area contributed by atoms with E-state index >= 15 is 0 Å². The number of primary amides is 1. The second-order valence-electron chi connectivity index (χ2n) is 4.76. The monoisotopic (exact) mass is 297 g/mol. The number of nitrogens with two attached hydrogens (primary N) is 1. The summed E-state index contributed by atoms with van der Waals surface area (Å²) < 4.78 is 0. The minimum Gasteiger partial charge on any atom is -0.366 e. The second-order valence-corrected chi connectivity index (χ2v) is 5.19. The summed E-state index contributed by atoms with van der Waals surface area (Å²) in [6, 6.07) is 10.9. The van der Waals surface area contributed by atoms with E-state index in [4.69, 9.17) is 17.3 Å². The van der Waals surface area contributed by atoms with Gasteiger partial charge < -0.3 is 5.73 Å². The lowest BCUT2D eigenvalue weighted by Gasteiger charge is -2.04. The van der Waals surface area contributed by atoms with E-state index < -0.39 is 5.91 Å². The first kappa shape index (κ1) is 13.5. The molecular weight excluding hydrogens is 286 g/mol. The van der Waals surface area contributed by atoms with Crippen molar-refractivity contribution in [2.75, 3.05) is 0 Å². The van der Waals surface area contributed by atoms with Gasteiger partial charge >= 0.3 is 0 Å². The third-order valence-corrected chi connectivity index (χ3v) is 3.42. The van der Waals surface area contributed by atoms with E-state index in [1.165, 1.54) is 0 Å². The lowest BCUT2D eigenvalue weighted by Crippen LogP contribution is -2.11. The Morgan fingerprint density at radius 2 is 2.00 bits per heavy atom. The molecule has 104 valence electrons. The van der Waals surface area contributed by atoms with Gasteiger partial charge in [-0.1, -0.05) is 17.7 Å². The number of benzene rings is 1. The van der Waals surface area contributed by atoms with E-state index in [9.17, 15) is 4.79 Å². The molecule has 4 nitrogen and oxygen atoms in total. The maximum Gasteiger partial charge on any atom is 0.248 e. The molecule has 0 radical (unpaired) electrons. The zero-order chi connectivity index (χ0) is 14.8. The van der Waals surface area contributed by atoms with Gasteiger partial charge in [0.25, 0.3) is 0 Å². The van der Waals surface area contributed by atoms with Crippen LogP contribution in [0.3, 0.4) is 0 Å². The van der Waals surface area contributed by atoms with Crippen molar-refractivity contribution in [1.82, 2.24) is 9.97 Å². The number of carbonyl (C=O) groups excluding carboxylic acids is 1. The minimum atomic E-state index is -0.454. The minimum absolute atomic E-state index is 0.454. The molecule has 0 saturated heterocycles. The molecule has 1 amide bonds. The van der Waals surface area contributed by atoms with E-state index in [-0.39, 0.29) is 0 Å². The first-order valence-corrected chi connectivity index (χ1v) is 6.78. The van der Waals surface area contributed by atoms with Gasteiger partial charge in [-0.05, 0) is 35.9 Å². The van der Waals surface area contributed by atoms with E-state index in [0.29, 0.717) is 17.0 Å². The van der Waals surface area contributed by atoms with Crippen LogP contribution >= 0.6 is 11.6 Å². The fourth-order valence-corrected chi connectivity index (χ4v) is 2.34. The van der Waals surface area contributed by atoms with Crippen molar-refractivity contribution in [2.45, 2.75) is 6.42 Å². The predicted octanol–water partition coefficient (Wildman–Crippen LogP) is 2.97. The highest BCUT2D eigenvalue weighted by molar-refractivity contribution is 6.31. The number of hydrogen-bond donors (Lipinski definition) is 1. The standard InChI is InChI=1S/C16H12ClN3O/c17-13-2-1-11-5-10(9-20-15(11)8-13)6-14-7-12(16(18)21)3-4-19-14/h1-5,7-9H,6H2,(H2,18,21). The van der Waals surface area contributed by atoms with E-state index in [1.807, 2.05) is 24.3 Å². The third kappa shape index (κ3) is 3.01. The Kier molecular flexibility index (Phi) is 3.54. The van der Waals surface area contributed by atoms with Crippen LogP contribution in [0.4, 0.5) is 0 Å². The topological polar surface area (TPSA) is 68.9 Å².